The molecule has 1 fully saturated rings. The number of hydrogen-bond acceptors (Lipinski definition) is 6. The van der Waals surface area contributed by atoms with E-state index in [2.05, 4.69) is 0 Å². The minimum absolute atomic E-state index is 0.222. The van der Waals surface area contributed by atoms with Crippen LogP contribution < -0.4 is 0 Å². The summed E-state index contributed by atoms with van der Waals surface area (Å²) in [6.07, 6.45) is 3.74. The standard InChI is InChI=1S/C19H15Cl2NO4S3/c1-28-7-6-14(18(24)25)22-17(23)16(29-19(22)27)9-11-3-5-15(26-11)12-8-10(20)2-4-13(12)21/h2-5,8-9,14H,6-7H2,1H3,(H,24,25)/b16-9+/t14-/m1/s1. The van der Waals surface area contributed by atoms with Crippen LogP contribution >= 0.6 is 58.9 Å². The van der Waals surface area contributed by atoms with Crippen molar-refractivity contribution in [3.05, 3.63) is 51.0 Å². The fourth-order valence-corrected chi connectivity index (χ4v) is 4.91. The molecule has 1 aliphatic heterocycles. The van der Waals surface area contributed by atoms with E-state index in [1.54, 1.807) is 36.4 Å². The summed E-state index contributed by atoms with van der Waals surface area (Å²) < 4.78 is 6.01. The molecule has 29 heavy (non-hydrogen) atoms. The summed E-state index contributed by atoms with van der Waals surface area (Å²) >= 11 is 20.1. The predicted molar refractivity (Wildman–Crippen MR) is 124 cm³/mol. The van der Waals surface area contributed by atoms with Crippen molar-refractivity contribution in [2.24, 2.45) is 0 Å². The number of hydrogen-bond donors (Lipinski definition) is 1. The topological polar surface area (TPSA) is 70.8 Å². The van der Waals surface area contributed by atoms with Crippen LogP contribution in [0.15, 0.2) is 39.7 Å². The second-order valence-electron chi connectivity index (χ2n) is 6.01. The Morgan fingerprint density at radius 2 is 2.14 bits per heavy atom. The molecule has 1 aromatic carbocycles. The molecule has 0 aliphatic carbocycles. The second kappa shape index (κ2) is 9.57. The number of carbonyl (C=O) groups excluding carboxylic acids is 1. The van der Waals surface area contributed by atoms with Crippen LogP contribution in [0.5, 0.6) is 0 Å². The highest BCUT2D eigenvalue weighted by atomic mass is 35.5. The van der Waals surface area contributed by atoms with E-state index in [9.17, 15) is 14.7 Å². The molecule has 0 radical (unpaired) electrons. The minimum Gasteiger partial charge on any atom is -0.480 e. The van der Waals surface area contributed by atoms with Crippen molar-refractivity contribution in [2.45, 2.75) is 12.5 Å². The lowest BCUT2D eigenvalue weighted by atomic mass is 10.2. The number of furan rings is 1. The van der Waals surface area contributed by atoms with Gasteiger partial charge in [-0.3, -0.25) is 9.69 Å². The Labute approximate surface area is 191 Å². The van der Waals surface area contributed by atoms with Crippen LogP contribution in [-0.4, -0.2) is 44.3 Å². The van der Waals surface area contributed by atoms with E-state index in [1.807, 2.05) is 6.26 Å². The van der Waals surface area contributed by atoms with Crippen LogP contribution in [0.4, 0.5) is 0 Å². The molecular formula is C19H15Cl2NO4S3. The van der Waals surface area contributed by atoms with E-state index in [0.717, 1.165) is 11.8 Å². The van der Waals surface area contributed by atoms with Crippen molar-refractivity contribution in [2.75, 3.05) is 12.0 Å². The van der Waals surface area contributed by atoms with E-state index < -0.39 is 17.9 Å². The quantitative estimate of drug-likeness (QED) is 0.398. The summed E-state index contributed by atoms with van der Waals surface area (Å²) in [6, 6.07) is 7.48. The third-order valence-corrected chi connectivity index (χ3v) is 6.65. The first kappa shape index (κ1) is 22.2. The fourth-order valence-electron chi connectivity index (χ4n) is 2.73. The van der Waals surface area contributed by atoms with Gasteiger partial charge in [-0.25, -0.2) is 4.79 Å². The molecule has 2 aromatic rings. The average molecular weight is 488 g/mol. The Morgan fingerprint density at radius 1 is 1.38 bits per heavy atom. The Bertz CT molecular complexity index is 1010. The fraction of sp³-hybridized carbons (Fsp3) is 0.211. The van der Waals surface area contributed by atoms with Crippen molar-refractivity contribution >= 4 is 81.2 Å². The third kappa shape index (κ3) is 5.00. The molecule has 0 bridgehead atoms. The van der Waals surface area contributed by atoms with Crippen molar-refractivity contribution in [3.8, 4) is 11.3 Å². The lowest BCUT2D eigenvalue weighted by molar-refractivity contribution is -0.145. The number of aliphatic carboxylic acids is 1. The van der Waals surface area contributed by atoms with Crippen molar-refractivity contribution in [1.82, 2.24) is 4.90 Å². The summed E-state index contributed by atoms with van der Waals surface area (Å²) in [5.41, 5.74) is 0.634. The van der Waals surface area contributed by atoms with Crippen LogP contribution in [0.25, 0.3) is 17.4 Å². The number of thiocarbonyl (C=S) groups is 1. The smallest absolute Gasteiger partial charge is 0.326 e. The summed E-state index contributed by atoms with van der Waals surface area (Å²) in [7, 11) is 0. The zero-order valence-electron chi connectivity index (χ0n) is 15.1. The van der Waals surface area contributed by atoms with Gasteiger partial charge < -0.3 is 9.52 Å². The van der Waals surface area contributed by atoms with E-state index in [-0.39, 0.29) is 4.32 Å². The van der Waals surface area contributed by atoms with Gasteiger partial charge in [0.05, 0.1) is 9.93 Å². The Hall–Kier alpha value is -1.45. The van der Waals surface area contributed by atoms with Gasteiger partial charge in [-0.2, -0.15) is 11.8 Å². The number of carbonyl (C=O) groups is 2. The average Bonchev–Trinajstić information content (AvgIpc) is 3.23. The molecule has 2 heterocycles. The number of amides is 1. The van der Waals surface area contributed by atoms with Crippen molar-refractivity contribution < 1.29 is 19.1 Å². The van der Waals surface area contributed by atoms with Crippen LogP contribution in [0.2, 0.25) is 10.0 Å². The highest BCUT2D eigenvalue weighted by Gasteiger charge is 2.40. The lowest BCUT2D eigenvalue weighted by Crippen LogP contribution is -2.44. The van der Waals surface area contributed by atoms with Crippen LogP contribution in [-0.2, 0) is 9.59 Å². The van der Waals surface area contributed by atoms with Crippen molar-refractivity contribution in [1.29, 1.82) is 0 Å². The summed E-state index contributed by atoms with van der Waals surface area (Å²) in [6.45, 7) is 0. The van der Waals surface area contributed by atoms with Crippen LogP contribution in [0.3, 0.4) is 0 Å². The van der Waals surface area contributed by atoms with E-state index in [1.165, 1.54) is 16.7 Å². The predicted octanol–water partition coefficient (Wildman–Crippen LogP) is 5.66. The minimum atomic E-state index is -1.08. The first-order valence-electron chi connectivity index (χ1n) is 8.36. The Balaban J connectivity index is 1.85. The van der Waals surface area contributed by atoms with Crippen LogP contribution in [0.1, 0.15) is 12.2 Å². The van der Waals surface area contributed by atoms with E-state index in [4.69, 9.17) is 39.8 Å². The number of benzene rings is 1. The Morgan fingerprint density at radius 3 is 2.83 bits per heavy atom. The maximum atomic E-state index is 12.8. The van der Waals surface area contributed by atoms with Gasteiger partial charge in [0.15, 0.2) is 0 Å². The van der Waals surface area contributed by atoms with E-state index in [0.29, 0.717) is 44.2 Å². The SMILES string of the molecule is CSCC[C@H](C(=O)O)N1C(=O)/C(=C\c2ccc(-c3cc(Cl)ccc3Cl)o2)SC1=S. The van der Waals surface area contributed by atoms with Gasteiger partial charge in [-0.15, -0.1) is 0 Å². The van der Waals surface area contributed by atoms with Crippen LogP contribution in [0, 0.1) is 0 Å². The number of thioether (sulfide) groups is 2. The number of carboxylic acid groups (broad SMARTS) is 1. The number of halogens is 2. The zero-order valence-corrected chi connectivity index (χ0v) is 19.0. The highest BCUT2D eigenvalue weighted by Crippen LogP contribution is 2.37. The normalized spacial score (nSPS) is 16.7. The summed E-state index contributed by atoms with van der Waals surface area (Å²) in [5.74, 6) is 0.0181. The van der Waals surface area contributed by atoms with Crippen molar-refractivity contribution in [3.63, 3.8) is 0 Å². The molecule has 1 aliphatic rings. The van der Waals surface area contributed by atoms with Gasteiger partial charge in [0.25, 0.3) is 5.91 Å². The summed E-state index contributed by atoms with van der Waals surface area (Å²) in [4.78, 5) is 25.9. The molecule has 1 N–H and O–H groups in total. The number of nitrogens with zero attached hydrogens (tertiary/aromatic N) is 1. The number of carboxylic acids is 1. The molecule has 152 valence electrons. The molecule has 0 saturated carbocycles. The highest BCUT2D eigenvalue weighted by molar-refractivity contribution is 8.26. The van der Waals surface area contributed by atoms with Gasteiger partial charge in [0.2, 0.25) is 0 Å². The summed E-state index contributed by atoms with van der Waals surface area (Å²) in [5, 5.41) is 10.5. The monoisotopic (exact) mass is 487 g/mol. The lowest BCUT2D eigenvalue weighted by Gasteiger charge is -2.22. The molecule has 3 rings (SSSR count). The van der Waals surface area contributed by atoms with Gasteiger partial charge >= 0.3 is 5.97 Å². The maximum absolute atomic E-state index is 12.8. The number of rotatable bonds is 7. The van der Waals surface area contributed by atoms with E-state index >= 15 is 0 Å². The largest absolute Gasteiger partial charge is 0.480 e. The first-order valence-corrected chi connectivity index (χ1v) is 11.7. The molecule has 0 spiro atoms. The third-order valence-electron chi connectivity index (χ3n) is 4.11. The Kier molecular flexibility index (Phi) is 7.34. The molecule has 1 atom stereocenters. The molecule has 1 saturated heterocycles. The molecule has 1 amide bonds. The molecule has 5 nitrogen and oxygen atoms in total. The van der Waals surface area contributed by atoms with Gasteiger partial charge in [-0.1, -0.05) is 47.2 Å². The van der Waals surface area contributed by atoms with Gasteiger partial charge in [0.1, 0.15) is 21.9 Å². The van der Waals surface area contributed by atoms with Gasteiger partial charge in [-0.05, 0) is 48.8 Å². The molecule has 10 heteroatoms. The molecule has 0 unspecified atom stereocenters. The van der Waals surface area contributed by atoms with Gasteiger partial charge in [0, 0.05) is 16.7 Å². The second-order valence-corrected chi connectivity index (χ2v) is 9.52. The maximum Gasteiger partial charge on any atom is 0.326 e. The zero-order chi connectivity index (χ0) is 21.1. The molecule has 1 aromatic heterocycles. The molecular weight excluding hydrogens is 473 g/mol. The first-order chi connectivity index (χ1) is 13.8.